The zero-order chi connectivity index (χ0) is 24.9. The normalized spacial score (nSPS) is 16.9. The van der Waals surface area contributed by atoms with Crippen LogP contribution in [0.5, 0.6) is 0 Å². The summed E-state index contributed by atoms with van der Waals surface area (Å²) in [7, 11) is 0. The van der Waals surface area contributed by atoms with Crippen LogP contribution in [0.15, 0.2) is 29.8 Å². The maximum atomic E-state index is 13.4. The molecule has 1 aromatic heterocycles. The zero-order valence-corrected chi connectivity index (χ0v) is 21.1. The number of carbonyl (C=O) groups excluding carboxylic acids is 3. The fraction of sp³-hybridized carbons (Fsp3) is 0.520. The summed E-state index contributed by atoms with van der Waals surface area (Å²) in [5, 5.41) is 14.7. The highest BCUT2D eigenvalue weighted by Gasteiger charge is 2.41. The van der Waals surface area contributed by atoms with Gasteiger partial charge in [0.1, 0.15) is 12.1 Å². The van der Waals surface area contributed by atoms with Gasteiger partial charge in [0.25, 0.3) is 0 Å². The van der Waals surface area contributed by atoms with E-state index in [2.05, 4.69) is 15.6 Å². The fourth-order valence-corrected chi connectivity index (χ4v) is 4.92. The number of benzene rings is 1. The number of amides is 3. The predicted molar refractivity (Wildman–Crippen MR) is 132 cm³/mol. The number of aliphatic hydroxyl groups is 1. The van der Waals surface area contributed by atoms with E-state index in [0.29, 0.717) is 19.5 Å². The van der Waals surface area contributed by atoms with Crippen molar-refractivity contribution in [3.05, 3.63) is 41.0 Å². The van der Waals surface area contributed by atoms with E-state index in [4.69, 9.17) is 5.11 Å². The number of aliphatic hydroxyl groups excluding tert-OH is 1. The number of nitrogens with zero attached hydrogens (tertiary/aromatic N) is 2. The van der Waals surface area contributed by atoms with Crippen LogP contribution in [-0.2, 0) is 20.9 Å². The molecule has 1 aliphatic rings. The SMILES string of the molecule is Cc1ncsc1-c1ccc(CNC(=O)[C@@H]2CCCN2C(=O)C(NC(=O)CCO)C(C)(C)C)cc1. The number of rotatable bonds is 8. The van der Waals surface area contributed by atoms with E-state index in [1.165, 1.54) is 0 Å². The molecule has 0 spiro atoms. The van der Waals surface area contributed by atoms with Gasteiger partial charge in [-0.2, -0.15) is 0 Å². The summed E-state index contributed by atoms with van der Waals surface area (Å²) in [6.45, 7) is 8.16. The van der Waals surface area contributed by atoms with Crippen molar-refractivity contribution in [3.8, 4) is 10.4 Å². The lowest BCUT2D eigenvalue weighted by molar-refractivity contribution is -0.144. The lowest BCUT2D eigenvalue weighted by Gasteiger charge is -2.35. The summed E-state index contributed by atoms with van der Waals surface area (Å²) in [6, 6.07) is 6.68. The van der Waals surface area contributed by atoms with Gasteiger partial charge in [-0.1, -0.05) is 45.0 Å². The second-order valence-corrected chi connectivity index (χ2v) is 10.6. The molecule has 1 saturated heterocycles. The van der Waals surface area contributed by atoms with E-state index >= 15 is 0 Å². The number of hydrogen-bond donors (Lipinski definition) is 3. The van der Waals surface area contributed by atoms with Gasteiger partial charge < -0.3 is 20.6 Å². The van der Waals surface area contributed by atoms with E-state index in [1.807, 2.05) is 57.5 Å². The molecule has 1 unspecified atom stereocenters. The second kappa shape index (κ2) is 11.1. The number of aromatic nitrogens is 1. The topological polar surface area (TPSA) is 112 Å². The molecule has 2 atom stereocenters. The maximum Gasteiger partial charge on any atom is 0.246 e. The van der Waals surface area contributed by atoms with Crippen molar-refractivity contribution in [2.45, 2.75) is 65.6 Å². The molecule has 34 heavy (non-hydrogen) atoms. The van der Waals surface area contributed by atoms with E-state index in [-0.39, 0.29) is 30.7 Å². The van der Waals surface area contributed by atoms with Gasteiger partial charge in [0.05, 0.1) is 22.7 Å². The van der Waals surface area contributed by atoms with E-state index < -0.39 is 17.5 Å². The number of aryl methyl sites for hydroxylation is 1. The molecule has 3 rings (SSSR count). The van der Waals surface area contributed by atoms with Crippen molar-refractivity contribution >= 4 is 29.1 Å². The Morgan fingerprint density at radius 3 is 2.53 bits per heavy atom. The third-order valence-electron chi connectivity index (χ3n) is 6.02. The Labute approximate surface area is 204 Å². The first-order chi connectivity index (χ1) is 16.1. The maximum absolute atomic E-state index is 13.4. The molecule has 0 aliphatic carbocycles. The lowest BCUT2D eigenvalue weighted by atomic mass is 9.85. The first-order valence-electron chi connectivity index (χ1n) is 11.6. The average Bonchev–Trinajstić information content (AvgIpc) is 3.44. The van der Waals surface area contributed by atoms with E-state index in [9.17, 15) is 14.4 Å². The summed E-state index contributed by atoms with van der Waals surface area (Å²) in [5.74, 6) is -0.837. The molecule has 3 N–H and O–H groups in total. The molecule has 2 heterocycles. The quantitative estimate of drug-likeness (QED) is 0.531. The third kappa shape index (κ3) is 6.21. The smallest absolute Gasteiger partial charge is 0.246 e. The Bertz CT molecular complexity index is 1010. The van der Waals surface area contributed by atoms with Gasteiger partial charge >= 0.3 is 0 Å². The van der Waals surface area contributed by atoms with Crippen LogP contribution >= 0.6 is 11.3 Å². The minimum atomic E-state index is -0.775. The van der Waals surface area contributed by atoms with Gasteiger partial charge in [0.15, 0.2) is 0 Å². The van der Waals surface area contributed by atoms with Gasteiger partial charge in [-0.25, -0.2) is 4.98 Å². The van der Waals surface area contributed by atoms with Crippen LogP contribution in [0.2, 0.25) is 0 Å². The Balaban J connectivity index is 1.63. The Hall–Kier alpha value is -2.78. The van der Waals surface area contributed by atoms with Gasteiger partial charge in [-0.3, -0.25) is 14.4 Å². The number of thiazole rings is 1. The third-order valence-corrected chi connectivity index (χ3v) is 7.00. The monoisotopic (exact) mass is 486 g/mol. The van der Waals surface area contributed by atoms with Crippen LogP contribution in [0.1, 0.15) is 51.3 Å². The van der Waals surface area contributed by atoms with Crippen LogP contribution in [0.3, 0.4) is 0 Å². The molecule has 0 radical (unpaired) electrons. The number of likely N-dealkylation sites (tertiary alicyclic amines) is 1. The van der Waals surface area contributed by atoms with E-state index in [0.717, 1.165) is 28.1 Å². The minimum Gasteiger partial charge on any atom is -0.396 e. The first kappa shape index (κ1) is 25.8. The summed E-state index contributed by atoms with van der Waals surface area (Å²) >= 11 is 1.60. The number of nitrogens with one attached hydrogen (secondary N) is 2. The first-order valence-corrected chi connectivity index (χ1v) is 12.5. The highest BCUT2D eigenvalue weighted by Crippen LogP contribution is 2.28. The van der Waals surface area contributed by atoms with Crippen molar-refractivity contribution in [2.24, 2.45) is 5.41 Å². The molecule has 0 bridgehead atoms. The molecule has 3 amide bonds. The van der Waals surface area contributed by atoms with Crippen molar-refractivity contribution in [3.63, 3.8) is 0 Å². The van der Waals surface area contributed by atoms with Gasteiger partial charge in [-0.05, 0) is 36.3 Å². The summed E-state index contributed by atoms with van der Waals surface area (Å²) in [5.41, 5.74) is 4.36. The van der Waals surface area contributed by atoms with Crippen molar-refractivity contribution in [2.75, 3.05) is 13.2 Å². The molecule has 1 fully saturated rings. The lowest BCUT2D eigenvalue weighted by Crippen LogP contribution is -2.57. The van der Waals surface area contributed by atoms with Crippen molar-refractivity contribution < 1.29 is 19.5 Å². The fourth-order valence-electron chi connectivity index (χ4n) is 4.11. The molecule has 1 aromatic carbocycles. The van der Waals surface area contributed by atoms with Gasteiger partial charge in [0, 0.05) is 19.5 Å². The predicted octanol–water partition coefficient (Wildman–Crippen LogP) is 2.64. The Morgan fingerprint density at radius 1 is 1.24 bits per heavy atom. The second-order valence-electron chi connectivity index (χ2n) is 9.71. The molecule has 184 valence electrons. The highest BCUT2D eigenvalue weighted by molar-refractivity contribution is 7.13. The summed E-state index contributed by atoms with van der Waals surface area (Å²) in [4.78, 5) is 45.5. The van der Waals surface area contributed by atoms with Crippen LogP contribution in [0.25, 0.3) is 10.4 Å². The molecular weight excluding hydrogens is 452 g/mol. The zero-order valence-electron chi connectivity index (χ0n) is 20.3. The Morgan fingerprint density at radius 2 is 1.94 bits per heavy atom. The largest absolute Gasteiger partial charge is 0.396 e. The number of carbonyl (C=O) groups is 3. The standard InChI is InChI=1S/C25H34N4O4S/c1-16-21(34-15-27-16)18-9-7-17(8-10-18)14-26-23(32)19-6-5-12-29(19)24(33)22(25(2,3)4)28-20(31)11-13-30/h7-10,15,19,22,30H,5-6,11-14H2,1-4H3,(H,26,32)(H,28,31)/t19-,22?/m0/s1. The molecule has 1 aliphatic heterocycles. The van der Waals surface area contributed by atoms with E-state index in [1.54, 1.807) is 16.2 Å². The van der Waals surface area contributed by atoms with Crippen LogP contribution < -0.4 is 10.6 Å². The van der Waals surface area contributed by atoms with Crippen molar-refractivity contribution in [1.29, 1.82) is 0 Å². The minimum absolute atomic E-state index is 0.0644. The average molecular weight is 487 g/mol. The molecular formula is C25H34N4O4S. The van der Waals surface area contributed by atoms with Crippen LogP contribution in [-0.4, -0.2) is 57.9 Å². The van der Waals surface area contributed by atoms with Gasteiger partial charge in [-0.15, -0.1) is 11.3 Å². The Kier molecular flexibility index (Phi) is 8.43. The highest BCUT2D eigenvalue weighted by atomic mass is 32.1. The summed E-state index contributed by atoms with van der Waals surface area (Å²) < 4.78 is 0. The van der Waals surface area contributed by atoms with Gasteiger partial charge in [0.2, 0.25) is 17.7 Å². The molecule has 0 saturated carbocycles. The number of hydrogen-bond acceptors (Lipinski definition) is 6. The molecule has 8 nitrogen and oxygen atoms in total. The summed E-state index contributed by atoms with van der Waals surface area (Å²) in [6.07, 6.45) is 1.25. The molecule has 9 heteroatoms. The molecule has 2 aromatic rings. The van der Waals surface area contributed by atoms with Crippen LogP contribution in [0, 0.1) is 12.3 Å². The van der Waals surface area contributed by atoms with Crippen molar-refractivity contribution in [1.82, 2.24) is 20.5 Å². The van der Waals surface area contributed by atoms with Crippen LogP contribution in [0.4, 0.5) is 0 Å².